The van der Waals surface area contributed by atoms with Crippen molar-refractivity contribution in [3.05, 3.63) is 28.8 Å². The van der Waals surface area contributed by atoms with Gasteiger partial charge < -0.3 is 9.47 Å². The summed E-state index contributed by atoms with van der Waals surface area (Å²) in [6.07, 6.45) is 6.30. The Morgan fingerprint density at radius 3 is 3.00 bits per heavy atom. The molecule has 0 radical (unpaired) electrons. The molecule has 1 aliphatic rings. The van der Waals surface area contributed by atoms with Crippen LogP contribution in [0.3, 0.4) is 0 Å². The molecular formula is C13H16N4OS. The smallest absolute Gasteiger partial charge is 0.186 e. The van der Waals surface area contributed by atoms with Crippen molar-refractivity contribution >= 4 is 22.3 Å². The lowest BCUT2D eigenvalue weighted by atomic mass is 10.0. The van der Waals surface area contributed by atoms with Crippen LogP contribution < -0.4 is 4.90 Å². The van der Waals surface area contributed by atoms with E-state index in [4.69, 9.17) is 0 Å². The zero-order chi connectivity index (χ0) is 13.4. The summed E-state index contributed by atoms with van der Waals surface area (Å²) < 4.78 is 2.00. The van der Waals surface area contributed by atoms with E-state index < -0.39 is 0 Å². The number of carbonyl (C=O) groups excluding carboxylic acids is 1. The van der Waals surface area contributed by atoms with Crippen LogP contribution in [0.4, 0.5) is 5.13 Å². The minimum Gasteiger partial charge on any atom is -0.344 e. The average Bonchev–Trinajstić information content (AvgIpc) is 2.97. The number of anilines is 1. The van der Waals surface area contributed by atoms with Gasteiger partial charge in [-0.3, -0.25) is 4.79 Å². The maximum Gasteiger partial charge on any atom is 0.186 e. The van der Waals surface area contributed by atoms with Crippen molar-refractivity contribution < 1.29 is 4.79 Å². The van der Waals surface area contributed by atoms with Crippen LogP contribution in [0.2, 0.25) is 0 Å². The van der Waals surface area contributed by atoms with Crippen LogP contribution in [-0.2, 0) is 20.0 Å². The highest BCUT2D eigenvalue weighted by molar-refractivity contribution is 7.15. The highest BCUT2D eigenvalue weighted by Crippen LogP contribution is 2.31. The number of hydrogen-bond donors (Lipinski definition) is 0. The summed E-state index contributed by atoms with van der Waals surface area (Å²) in [5.41, 5.74) is 0.693. The van der Waals surface area contributed by atoms with Gasteiger partial charge in [-0.2, -0.15) is 0 Å². The average molecular weight is 276 g/mol. The standard InChI is InChI=1S/C13H16N4OS/c1-16-7-6-14-11(16)8-17(2)13-15-12-9(18)4-3-5-10(12)19-13/h6-7H,3-5,8H2,1-2H3. The Labute approximate surface area is 115 Å². The van der Waals surface area contributed by atoms with E-state index in [9.17, 15) is 4.79 Å². The Bertz CT molecular complexity index is 616. The van der Waals surface area contributed by atoms with Crippen molar-refractivity contribution in [3.63, 3.8) is 0 Å². The number of imidazole rings is 1. The molecule has 6 heteroatoms. The number of aromatic nitrogens is 3. The van der Waals surface area contributed by atoms with E-state index in [1.807, 2.05) is 24.9 Å². The molecule has 0 saturated heterocycles. The molecule has 0 amide bonds. The molecule has 2 aromatic rings. The predicted octanol–water partition coefficient (Wildman–Crippen LogP) is 2.03. The van der Waals surface area contributed by atoms with E-state index in [1.165, 1.54) is 0 Å². The van der Waals surface area contributed by atoms with Crippen molar-refractivity contribution in [3.8, 4) is 0 Å². The summed E-state index contributed by atoms with van der Waals surface area (Å²) in [6.45, 7) is 0.698. The highest BCUT2D eigenvalue weighted by atomic mass is 32.1. The van der Waals surface area contributed by atoms with E-state index in [2.05, 4.69) is 14.9 Å². The van der Waals surface area contributed by atoms with Gasteiger partial charge in [0.1, 0.15) is 11.5 Å². The number of carbonyl (C=O) groups is 1. The summed E-state index contributed by atoms with van der Waals surface area (Å²) in [5, 5.41) is 0.906. The van der Waals surface area contributed by atoms with Gasteiger partial charge in [0, 0.05) is 37.8 Å². The second-order valence-corrected chi connectivity index (χ2v) is 5.92. The number of ketones is 1. The molecule has 2 heterocycles. The van der Waals surface area contributed by atoms with Gasteiger partial charge >= 0.3 is 0 Å². The molecule has 19 heavy (non-hydrogen) atoms. The molecule has 0 aromatic carbocycles. The fourth-order valence-corrected chi connectivity index (χ4v) is 3.33. The lowest BCUT2D eigenvalue weighted by Crippen LogP contribution is -2.19. The molecule has 0 atom stereocenters. The number of rotatable bonds is 3. The third-order valence-electron chi connectivity index (χ3n) is 3.38. The van der Waals surface area contributed by atoms with E-state index in [0.29, 0.717) is 18.7 Å². The summed E-state index contributed by atoms with van der Waals surface area (Å²) in [5.74, 6) is 1.18. The van der Waals surface area contributed by atoms with E-state index in [-0.39, 0.29) is 5.78 Å². The first-order valence-corrected chi connectivity index (χ1v) is 7.17. The molecule has 0 saturated carbocycles. The van der Waals surface area contributed by atoms with Gasteiger partial charge in [0.15, 0.2) is 10.9 Å². The van der Waals surface area contributed by atoms with Crippen LogP contribution in [0.5, 0.6) is 0 Å². The number of fused-ring (bicyclic) bond motifs is 1. The van der Waals surface area contributed by atoms with Gasteiger partial charge in [0.05, 0.1) is 6.54 Å². The minimum absolute atomic E-state index is 0.189. The number of aryl methyl sites for hydroxylation is 2. The molecule has 5 nitrogen and oxygen atoms in total. The Balaban J connectivity index is 1.82. The topological polar surface area (TPSA) is 51.0 Å². The Morgan fingerprint density at radius 2 is 2.32 bits per heavy atom. The molecule has 1 aliphatic carbocycles. The molecular weight excluding hydrogens is 260 g/mol. The van der Waals surface area contributed by atoms with Gasteiger partial charge in [0.25, 0.3) is 0 Å². The fourth-order valence-electron chi connectivity index (χ4n) is 2.25. The first-order chi connectivity index (χ1) is 9.15. The largest absolute Gasteiger partial charge is 0.344 e. The van der Waals surface area contributed by atoms with Crippen LogP contribution in [0, 0.1) is 0 Å². The quantitative estimate of drug-likeness (QED) is 0.860. The maximum atomic E-state index is 11.8. The molecule has 0 N–H and O–H groups in total. The van der Waals surface area contributed by atoms with Gasteiger partial charge in [-0.25, -0.2) is 9.97 Å². The van der Waals surface area contributed by atoms with E-state index in [0.717, 1.165) is 28.7 Å². The first-order valence-electron chi connectivity index (χ1n) is 6.35. The lowest BCUT2D eigenvalue weighted by molar-refractivity contribution is 0.0968. The van der Waals surface area contributed by atoms with Gasteiger partial charge in [-0.05, 0) is 12.8 Å². The van der Waals surface area contributed by atoms with Crippen LogP contribution >= 0.6 is 11.3 Å². The lowest BCUT2D eigenvalue weighted by Gasteiger charge is -2.14. The Morgan fingerprint density at radius 1 is 1.47 bits per heavy atom. The highest BCUT2D eigenvalue weighted by Gasteiger charge is 2.23. The molecule has 100 valence electrons. The van der Waals surface area contributed by atoms with Crippen molar-refractivity contribution in [2.75, 3.05) is 11.9 Å². The van der Waals surface area contributed by atoms with Crippen LogP contribution in [0.25, 0.3) is 0 Å². The fraction of sp³-hybridized carbons (Fsp3) is 0.462. The molecule has 3 rings (SSSR count). The Hall–Kier alpha value is -1.69. The third kappa shape index (κ3) is 2.28. The minimum atomic E-state index is 0.189. The summed E-state index contributed by atoms with van der Waals surface area (Å²) in [7, 11) is 3.97. The molecule has 2 aromatic heterocycles. The van der Waals surface area contributed by atoms with Crippen LogP contribution in [0.1, 0.15) is 34.0 Å². The predicted molar refractivity (Wildman–Crippen MR) is 74.7 cm³/mol. The Kier molecular flexibility index (Phi) is 3.10. The zero-order valence-corrected chi connectivity index (χ0v) is 11.9. The summed E-state index contributed by atoms with van der Waals surface area (Å²) in [4.78, 5) is 23.8. The van der Waals surface area contributed by atoms with Crippen LogP contribution in [-0.4, -0.2) is 27.4 Å². The SMILES string of the molecule is CN(Cc1nccn1C)c1nc2c(s1)CCCC2=O. The second kappa shape index (κ2) is 4.77. The monoisotopic (exact) mass is 276 g/mol. The van der Waals surface area contributed by atoms with E-state index in [1.54, 1.807) is 17.5 Å². The number of hydrogen-bond acceptors (Lipinski definition) is 5. The molecule has 0 aliphatic heterocycles. The molecule has 0 fully saturated rings. The van der Waals surface area contributed by atoms with Crippen molar-refractivity contribution in [1.29, 1.82) is 0 Å². The van der Waals surface area contributed by atoms with Crippen molar-refractivity contribution in [2.24, 2.45) is 7.05 Å². The maximum absolute atomic E-state index is 11.8. The van der Waals surface area contributed by atoms with Crippen molar-refractivity contribution in [1.82, 2.24) is 14.5 Å². The molecule has 0 bridgehead atoms. The van der Waals surface area contributed by atoms with Gasteiger partial charge in [-0.1, -0.05) is 0 Å². The van der Waals surface area contributed by atoms with Crippen LogP contribution in [0.15, 0.2) is 12.4 Å². The first kappa shape index (κ1) is 12.3. The number of nitrogens with zero attached hydrogens (tertiary/aromatic N) is 4. The second-order valence-electron chi connectivity index (χ2n) is 4.86. The normalized spacial score (nSPS) is 14.5. The number of Topliss-reactive ketones (excluding diaryl/α,β-unsaturated/α-hetero) is 1. The summed E-state index contributed by atoms with van der Waals surface area (Å²) in [6, 6.07) is 0. The zero-order valence-electron chi connectivity index (χ0n) is 11.1. The molecule has 0 spiro atoms. The third-order valence-corrected chi connectivity index (χ3v) is 4.61. The van der Waals surface area contributed by atoms with Gasteiger partial charge in [0.2, 0.25) is 0 Å². The van der Waals surface area contributed by atoms with Crippen molar-refractivity contribution in [2.45, 2.75) is 25.8 Å². The molecule has 0 unspecified atom stereocenters. The van der Waals surface area contributed by atoms with Gasteiger partial charge in [-0.15, -0.1) is 11.3 Å². The van der Waals surface area contributed by atoms with E-state index >= 15 is 0 Å². The number of thiazole rings is 1. The summed E-state index contributed by atoms with van der Waals surface area (Å²) >= 11 is 1.63.